The summed E-state index contributed by atoms with van der Waals surface area (Å²) in [5.74, 6) is 0.664. The number of carbonyl (C=O) groups excluding carboxylic acids is 1. The Morgan fingerprint density at radius 1 is 1.37 bits per heavy atom. The second kappa shape index (κ2) is 5.51. The Hall–Kier alpha value is -2.37. The van der Waals surface area contributed by atoms with Gasteiger partial charge in [-0.05, 0) is 31.5 Å². The number of hydrogen-bond donors (Lipinski definition) is 2. The van der Waals surface area contributed by atoms with E-state index in [2.05, 4.69) is 20.7 Å². The van der Waals surface area contributed by atoms with Gasteiger partial charge in [0.2, 0.25) is 0 Å². The van der Waals surface area contributed by atoms with Crippen LogP contribution in [0.5, 0.6) is 0 Å². The summed E-state index contributed by atoms with van der Waals surface area (Å²) in [5, 5.41) is 9.80. The normalized spacial score (nSPS) is 11.9. The minimum absolute atomic E-state index is 0.0858. The Morgan fingerprint density at radius 2 is 2.05 bits per heavy atom. The second-order valence-corrected chi connectivity index (χ2v) is 4.40. The molecule has 0 aliphatic heterocycles. The molecule has 0 aromatic carbocycles. The van der Waals surface area contributed by atoms with Crippen LogP contribution < -0.4 is 10.6 Å². The third-order valence-corrected chi connectivity index (χ3v) is 2.80. The van der Waals surface area contributed by atoms with Crippen LogP contribution in [0, 0.1) is 6.92 Å². The first-order valence-corrected chi connectivity index (χ1v) is 6.04. The molecule has 0 unspecified atom stereocenters. The van der Waals surface area contributed by atoms with Gasteiger partial charge in [0, 0.05) is 25.5 Å². The van der Waals surface area contributed by atoms with Gasteiger partial charge in [-0.25, -0.2) is 4.79 Å². The van der Waals surface area contributed by atoms with Gasteiger partial charge in [-0.1, -0.05) is 0 Å². The SMILES string of the molecule is Cc1cc(NC(=O)N[C@H](C)c2ccncc2)n(C)n1. The number of anilines is 1. The molecule has 6 heteroatoms. The molecular formula is C13H17N5O. The summed E-state index contributed by atoms with van der Waals surface area (Å²) in [6, 6.07) is 5.22. The minimum atomic E-state index is -0.257. The maximum absolute atomic E-state index is 11.9. The fourth-order valence-electron chi connectivity index (χ4n) is 1.81. The molecule has 6 nitrogen and oxygen atoms in total. The molecule has 0 radical (unpaired) electrons. The van der Waals surface area contributed by atoms with E-state index in [4.69, 9.17) is 0 Å². The largest absolute Gasteiger partial charge is 0.331 e. The Morgan fingerprint density at radius 3 is 2.63 bits per heavy atom. The molecule has 0 aliphatic rings. The third kappa shape index (κ3) is 3.31. The molecular weight excluding hydrogens is 242 g/mol. The van der Waals surface area contributed by atoms with Gasteiger partial charge in [-0.15, -0.1) is 0 Å². The summed E-state index contributed by atoms with van der Waals surface area (Å²) < 4.78 is 1.63. The van der Waals surface area contributed by atoms with Crippen molar-refractivity contribution in [2.24, 2.45) is 7.05 Å². The lowest BCUT2D eigenvalue weighted by Gasteiger charge is -2.14. The molecule has 2 aromatic heterocycles. The molecule has 2 N–H and O–H groups in total. The molecule has 0 spiro atoms. The van der Waals surface area contributed by atoms with E-state index in [1.54, 1.807) is 24.1 Å². The van der Waals surface area contributed by atoms with Crippen LogP contribution in [-0.2, 0) is 7.05 Å². The first-order chi connectivity index (χ1) is 9.06. The number of pyridine rings is 1. The molecule has 0 saturated carbocycles. The van der Waals surface area contributed by atoms with E-state index in [9.17, 15) is 4.79 Å². The van der Waals surface area contributed by atoms with Crippen molar-refractivity contribution in [2.45, 2.75) is 19.9 Å². The van der Waals surface area contributed by atoms with Crippen LogP contribution in [0.25, 0.3) is 0 Å². The van der Waals surface area contributed by atoms with Crippen molar-refractivity contribution in [3.8, 4) is 0 Å². The van der Waals surface area contributed by atoms with E-state index in [-0.39, 0.29) is 12.1 Å². The average Bonchev–Trinajstić information content (AvgIpc) is 2.68. The standard InChI is InChI=1S/C13H17N5O/c1-9-8-12(18(3)17-9)16-13(19)15-10(2)11-4-6-14-7-5-11/h4-8,10H,1-3H3,(H2,15,16,19)/t10-/m1/s1. The Bertz CT molecular complexity index is 564. The number of aromatic nitrogens is 3. The van der Waals surface area contributed by atoms with Crippen LogP contribution in [-0.4, -0.2) is 20.8 Å². The van der Waals surface area contributed by atoms with Crippen LogP contribution >= 0.6 is 0 Å². The molecule has 2 rings (SSSR count). The topological polar surface area (TPSA) is 71.8 Å². The fourth-order valence-corrected chi connectivity index (χ4v) is 1.81. The van der Waals surface area contributed by atoms with Gasteiger partial charge < -0.3 is 5.32 Å². The Kier molecular flexibility index (Phi) is 3.79. The summed E-state index contributed by atoms with van der Waals surface area (Å²) in [6.07, 6.45) is 3.41. The van der Waals surface area contributed by atoms with E-state index in [1.807, 2.05) is 32.0 Å². The van der Waals surface area contributed by atoms with E-state index in [0.717, 1.165) is 11.3 Å². The quantitative estimate of drug-likeness (QED) is 0.885. The molecule has 0 saturated heterocycles. The number of carbonyl (C=O) groups is 1. The number of nitrogens with zero attached hydrogens (tertiary/aromatic N) is 3. The number of aryl methyl sites for hydroxylation is 2. The van der Waals surface area contributed by atoms with Crippen LogP contribution in [0.4, 0.5) is 10.6 Å². The van der Waals surface area contributed by atoms with Crippen LogP contribution in [0.1, 0.15) is 24.2 Å². The number of urea groups is 1. The van der Waals surface area contributed by atoms with Gasteiger partial charge in [0.15, 0.2) is 0 Å². The lowest BCUT2D eigenvalue weighted by molar-refractivity contribution is 0.249. The number of hydrogen-bond acceptors (Lipinski definition) is 3. The number of amides is 2. The second-order valence-electron chi connectivity index (χ2n) is 4.40. The number of nitrogens with one attached hydrogen (secondary N) is 2. The molecule has 100 valence electrons. The van der Waals surface area contributed by atoms with Gasteiger partial charge in [-0.2, -0.15) is 5.10 Å². The van der Waals surface area contributed by atoms with Crippen LogP contribution in [0.15, 0.2) is 30.6 Å². The molecule has 1 atom stereocenters. The Labute approximate surface area is 111 Å². The Balaban J connectivity index is 1.96. The van der Waals surface area contributed by atoms with Crippen LogP contribution in [0.3, 0.4) is 0 Å². The molecule has 19 heavy (non-hydrogen) atoms. The van der Waals surface area contributed by atoms with Crippen molar-refractivity contribution in [3.05, 3.63) is 41.9 Å². The van der Waals surface area contributed by atoms with Gasteiger partial charge in [-0.3, -0.25) is 15.0 Å². The highest BCUT2D eigenvalue weighted by Gasteiger charge is 2.11. The molecule has 0 fully saturated rings. The van der Waals surface area contributed by atoms with Crippen molar-refractivity contribution in [1.29, 1.82) is 0 Å². The van der Waals surface area contributed by atoms with Gasteiger partial charge >= 0.3 is 6.03 Å². The molecule has 0 aliphatic carbocycles. The smallest absolute Gasteiger partial charge is 0.320 e. The maximum atomic E-state index is 11.9. The summed E-state index contributed by atoms with van der Waals surface area (Å²) in [7, 11) is 1.79. The average molecular weight is 259 g/mol. The highest BCUT2D eigenvalue weighted by molar-refractivity contribution is 5.88. The van der Waals surface area contributed by atoms with Crippen molar-refractivity contribution >= 4 is 11.8 Å². The summed E-state index contributed by atoms with van der Waals surface area (Å²) in [4.78, 5) is 15.8. The lowest BCUT2D eigenvalue weighted by Crippen LogP contribution is -2.31. The van der Waals surface area contributed by atoms with Crippen LogP contribution in [0.2, 0.25) is 0 Å². The van der Waals surface area contributed by atoms with Crippen molar-refractivity contribution in [3.63, 3.8) is 0 Å². The maximum Gasteiger partial charge on any atom is 0.320 e. The highest BCUT2D eigenvalue weighted by atomic mass is 16.2. The zero-order valence-electron chi connectivity index (χ0n) is 11.2. The third-order valence-electron chi connectivity index (χ3n) is 2.80. The molecule has 0 bridgehead atoms. The van der Waals surface area contributed by atoms with E-state index in [1.165, 1.54) is 0 Å². The lowest BCUT2D eigenvalue weighted by atomic mass is 10.1. The fraction of sp³-hybridized carbons (Fsp3) is 0.308. The van der Waals surface area contributed by atoms with Crippen molar-refractivity contribution in [2.75, 3.05) is 5.32 Å². The van der Waals surface area contributed by atoms with E-state index >= 15 is 0 Å². The zero-order chi connectivity index (χ0) is 13.8. The van der Waals surface area contributed by atoms with Gasteiger partial charge in [0.05, 0.1) is 11.7 Å². The first-order valence-electron chi connectivity index (χ1n) is 6.04. The molecule has 2 aromatic rings. The number of rotatable bonds is 3. The first kappa shape index (κ1) is 13.1. The summed E-state index contributed by atoms with van der Waals surface area (Å²) in [6.45, 7) is 3.80. The molecule has 2 heterocycles. The van der Waals surface area contributed by atoms with E-state index < -0.39 is 0 Å². The zero-order valence-corrected chi connectivity index (χ0v) is 11.2. The monoisotopic (exact) mass is 259 g/mol. The van der Waals surface area contributed by atoms with Crippen molar-refractivity contribution < 1.29 is 4.79 Å². The van der Waals surface area contributed by atoms with Gasteiger partial charge in [0.25, 0.3) is 0 Å². The van der Waals surface area contributed by atoms with Crippen molar-refractivity contribution in [1.82, 2.24) is 20.1 Å². The summed E-state index contributed by atoms with van der Waals surface area (Å²) >= 11 is 0. The van der Waals surface area contributed by atoms with E-state index in [0.29, 0.717) is 5.82 Å². The predicted molar refractivity (Wildman–Crippen MR) is 72.8 cm³/mol. The predicted octanol–water partition coefficient (Wildman–Crippen LogP) is 2.01. The summed E-state index contributed by atoms with van der Waals surface area (Å²) in [5.41, 5.74) is 1.87. The van der Waals surface area contributed by atoms with Gasteiger partial charge in [0.1, 0.15) is 5.82 Å². The minimum Gasteiger partial charge on any atom is -0.331 e. The molecule has 2 amide bonds. The highest BCUT2D eigenvalue weighted by Crippen LogP contribution is 2.11.